The summed E-state index contributed by atoms with van der Waals surface area (Å²) in [7, 11) is 0. The summed E-state index contributed by atoms with van der Waals surface area (Å²) in [4.78, 5) is 2.29. The molecule has 0 bridgehead atoms. The Morgan fingerprint density at radius 1 is 1.08 bits per heavy atom. The van der Waals surface area contributed by atoms with Crippen LogP contribution in [0.25, 0.3) is 11.5 Å². The standard InChI is InChI=1S/C15H14BrN5OS2/c16-11-5-3-10(4-6-11)13-18-17-12(22-13)9-23-15-20-19-14(24-15)21-7-1-2-8-21/h3-6H,1-2,7-9H2. The van der Waals surface area contributed by atoms with Gasteiger partial charge in [0.2, 0.25) is 16.9 Å². The summed E-state index contributed by atoms with van der Waals surface area (Å²) in [5.74, 6) is 1.72. The first kappa shape index (κ1) is 16.0. The first-order valence-corrected chi connectivity index (χ1v) is 10.2. The van der Waals surface area contributed by atoms with Gasteiger partial charge >= 0.3 is 0 Å². The minimum atomic E-state index is 0.535. The van der Waals surface area contributed by atoms with Crippen molar-refractivity contribution >= 4 is 44.2 Å². The number of rotatable bonds is 5. The molecule has 1 aromatic carbocycles. The summed E-state index contributed by atoms with van der Waals surface area (Å²) in [5, 5.41) is 17.8. The predicted molar refractivity (Wildman–Crippen MR) is 98.4 cm³/mol. The van der Waals surface area contributed by atoms with Crippen LogP contribution in [0.3, 0.4) is 0 Å². The molecule has 1 fully saturated rings. The highest BCUT2D eigenvalue weighted by Crippen LogP contribution is 2.32. The zero-order chi connectivity index (χ0) is 16.4. The van der Waals surface area contributed by atoms with Gasteiger partial charge in [-0.15, -0.1) is 20.4 Å². The molecule has 0 radical (unpaired) electrons. The highest BCUT2D eigenvalue weighted by molar-refractivity contribution is 9.10. The maximum atomic E-state index is 5.73. The predicted octanol–water partition coefficient (Wildman–Crippen LogP) is 4.24. The zero-order valence-electron chi connectivity index (χ0n) is 12.7. The van der Waals surface area contributed by atoms with E-state index in [1.807, 2.05) is 24.3 Å². The van der Waals surface area contributed by atoms with Crippen LogP contribution in [0.15, 0.2) is 37.5 Å². The van der Waals surface area contributed by atoms with Gasteiger partial charge in [0.15, 0.2) is 4.34 Å². The monoisotopic (exact) mass is 423 g/mol. The molecule has 9 heteroatoms. The summed E-state index contributed by atoms with van der Waals surface area (Å²) in [5.41, 5.74) is 0.911. The average Bonchev–Trinajstić information content (AvgIpc) is 3.34. The number of anilines is 1. The van der Waals surface area contributed by atoms with Crippen LogP contribution in [-0.2, 0) is 5.75 Å². The van der Waals surface area contributed by atoms with Crippen molar-refractivity contribution in [2.24, 2.45) is 0 Å². The van der Waals surface area contributed by atoms with Crippen LogP contribution < -0.4 is 4.90 Å². The van der Waals surface area contributed by atoms with E-state index >= 15 is 0 Å². The van der Waals surface area contributed by atoms with E-state index in [-0.39, 0.29) is 0 Å². The molecule has 0 N–H and O–H groups in total. The molecule has 3 heterocycles. The van der Waals surface area contributed by atoms with Crippen molar-refractivity contribution in [1.82, 2.24) is 20.4 Å². The Morgan fingerprint density at radius 2 is 1.88 bits per heavy atom. The summed E-state index contributed by atoms with van der Waals surface area (Å²) >= 11 is 6.62. The van der Waals surface area contributed by atoms with E-state index in [0.29, 0.717) is 17.5 Å². The average molecular weight is 424 g/mol. The van der Waals surface area contributed by atoms with E-state index in [1.54, 1.807) is 23.1 Å². The SMILES string of the molecule is Brc1ccc(-c2nnc(CSc3nnc(N4CCCC4)s3)o2)cc1. The first-order valence-electron chi connectivity index (χ1n) is 7.57. The molecule has 1 saturated heterocycles. The van der Waals surface area contributed by atoms with Gasteiger partial charge < -0.3 is 9.32 Å². The van der Waals surface area contributed by atoms with Crippen LogP contribution in [-0.4, -0.2) is 33.5 Å². The Kier molecular flexibility index (Phi) is 4.81. The lowest BCUT2D eigenvalue weighted by molar-refractivity contribution is 0.528. The van der Waals surface area contributed by atoms with Crippen molar-refractivity contribution in [2.45, 2.75) is 22.9 Å². The quantitative estimate of drug-likeness (QED) is 0.568. The maximum absolute atomic E-state index is 5.73. The number of halogens is 1. The molecule has 3 aromatic rings. The third-order valence-electron chi connectivity index (χ3n) is 3.65. The molecular weight excluding hydrogens is 410 g/mol. The van der Waals surface area contributed by atoms with Gasteiger partial charge in [0.25, 0.3) is 0 Å². The van der Waals surface area contributed by atoms with Crippen LogP contribution in [0.4, 0.5) is 5.13 Å². The third-order valence-corrected chi connectivity index (χ3v) is 6.28. The van der Waals surface area contributed by atoms with E-state index < -0.39 is 0 Å². The van der Waals surface area contributed by atoms with Crippen LogP contribution in [0.2, 0.25) is 0 Å². The van der Waals surface area contributed by atoms with Crippen molar-refractivity contribution in [3.05, 3.63) is 34.6 Å². The van der Waals surface area contributed by atoms with E-state index in [2.05, 4.69) is 41.2 Å². The van der Waals surface area contributed by atoms with E-state index in [4.69, 9.17) is 4.42 Å². The molecule has 0 aliphatic carbocycles. The molecule has 24 heavy (non-hydrogen) atoms. The molecule has 6 nitrogen and oxygen atoms in total. The normalized spacial score (nSPS) is 14.5. The van der Waals surface area contributed by atoms with Crippen LogP contribution in [0, 0.1) is 0 Å². The number of hydrogen-bond donors (Lipinski definition) is 0. The van der Waals surface area contributed by atoms with E-state index in [0.717, 1.165) is 32.6 Å². The van der Waals surface area contributed by atoms with Gasteiger partial charge in [-0.2, -0.15) is 0 Å². The highest BCUT2D eigenvalue weighted by atomic mass is 79.9. The first-order chi connectivity index (χ1) is 11.8. The minimum absolute atomic E-state index is 0.535. The second-order valence-corrected chi connectivity index (χ2v) is 8.44. The lowest BCUT2D eigenvalue weighted by Gasteiger charge is -2.10. The fourth-order valence-corrected chi connectivity index (χ4v) is 4.44. The van der Waals surface area contributed by atoms with Crippen molar-refractivity contribution in [3.8, 4) is 11.5 Å². The Labute approximate surface area is 155 Å². The Morgan fingerprint density at radius 3 is 2.67 bits per heavy atom. The lowest BCUT2D eigenvalue weighted by atomic mass is 10.2. The van der Waals surface area contributed by atoms with Gasteiger partial charge in [-0.3, -0.25) is 0 Å². The van der Waals surface area contributed by atoms with Crippen molar-refractivity contribution in [3.63, 3.8) is 0 Å². The number of nitrogens with zero attached hydrogens (tertiary/aromatic N) is 5. The Balaban J connectivity index is 1.38. The van der Waals surface area contributed by atoms with Gasteiger partial charge in [-0.1, -0.05) is 39.0 Å². The fourth-order valence-electron chi connectivity index (χ4n) is 2.44. The number of benzene rings is 1. The van der Waals surface area contributed by atoms with Crippen LogP contribution in [0.5, 0.6) is 0 Å². The summed E-state index contributed by atoms with van der Waals surface area (Å²) < 4.78 is 7.68. The smallest absolute Gasteiger partial charge is 0.247 e. The van der Waals surface area contributed by atoms with E-state index in [1.165, 1.54) is 12.8 Å². The van der Waals surface area contributed by atoms with E-state index in [9.17, 15) is 0 Å². The molecule has 124 valence electrons. The summed E-state index contributed by atoms with van der Waals surface area (Å²) in [6.45, 7) is 2.17. The molecule has 0 saturated carbocycles. The fraction of sp³-hybridized carbons (Fsp3) is 0.333. The summed E-state index contributed by atoms with van der Waals surface area (Å²) in [6, 6.07) is 7.80. The molecule has 2 aromatic heterocycles. The molecule has 0 amide bonds. The lowest BCUT2D eigenvalue weighted by Crippen LogP contribution is -2.17. The van der Waals surface area contributed by atoms with Crippen molar-refractivity contribution in [1.29, 1.82) is 0 Å². The van der Waals surface area contributed by atoms with Gasteiger partial charge in [0, 0.05) is 23.1 Å². The topological polar surface area (TPSA) is 67.9 Å². The van der Waals surface area contributed by atoms with Gasteiger partial charge in [0.05, 0.1) is 5.75 Å². The molecule has 1 aliphatic heterocycles. The summed E-state index contributed by atoms with van der Waals surface area (Å²) in [6.07, 6.45) is 2.48. The number of thioether (sulfide) groups is 1. The van der Waals surface area contributed by atoms with Crippen LogP contribution in [0.1, 0.15) is 18.7 Å². The second kappa shape index (κ2) is 7.20. The molecule has 4 rings (SSSR count). The van der Waals surface area contributed by atoms with Gasteiger partial charge in [0.1, 0.15) is 0 Å². The second-order valence-electron chi connectivity index (χ2n) is 5.34. The van der Waals surface area contributed by atoms with Crippen molar-refractivity contribution < 1.29 is 4.42 Å². The maximum Gasteiger partial charge on any atom is 0.247 e. The molecular formula is C15H14BrN5OS2. The zero-order valence-corrected chi connectivity index (χ0v) is 15.9. The van der Waals surface area contributed by atoms with Crippen molar-refractivity contribution in [2.75, 3.05) is 18.0 Å². The molecule has 1 aliphatic rings. The Hall–Kier alpha value is -1.45. The molecule has 0 spiro atoms. The van der Waals surface area contributed by atoms with Gasteiger partial charge in [-0.05, 0) is 37.1 Å². The molecule has 0 atom stereocenters. The third kappa shape index (κ3) is 3.62. The number of hydrogen-bond acceptors (Lipinski definition) is 8. The minimum Gasteiger partial charge on any atom is -0.420 e. The molecule has 0 unspecified atom stereocenters. The number of aromatic nitrogens is 4. The highest BCUT2D eigenvalue weighted by Gasteiger charge is 2.17. The Bertz CT molecular complexity index is 813. The largest absolute Gasteiger partial charge is 0.420 e. The van der Waals surface area contributed by atoms with Crippen LogP contribution >= 0.6 is 39.0 Å². The van der Waals surface area contributed by atoms with Gasteiger partial charge in [-0.25, -0.2) is 0 Å².